The molecule has 35 heavy (non-hydrogen) atoms. The molecule has 4 N–H and O–H groups in total. The van der Waals surface area contributed by atoms with Crippen LogP contribution in [-0.2, 0) is 18.4 Å². The predicted molar refractivity (Wildman–Crippen MR) is 138 cm³/mol. The van der Waals surface area contributed by atoms with E-state index in [1.165, 1.54) is 11.3 Å². The number of carbonyl (C=O) groups is 2. The SMILES string of the molecule is CNC(=O)c1sc2nc([C@H]3CCCCN3CC(=O)NCc3nc4ccccc4n3C)ccc2c1N. The molecule has 2 amide bonds. The molecule has 4 heterocycles. The van der Waals surface area contributed by atoms with Crippen LogP contribution in [0.5, 0.6) is 0 Å². The van der Waals surface area contributed by atoms with E-state index in [4.69, 9.17) is 10.7 Å². The number of likely N-dealkylation sites (tertiary alicyclic amines) is 1. The molecule has 1 aliphatic heterocycles. The lowest BCUT2D eigenvalue weighted by molar-refractivity contribution is -0.123. The van der Waals surface area contributed by atoms with Gasteiger partial charge in [0.2, 0.25) is 5.91 Å². The zero-order valence-corrected chi connectivity index (χ0v) is 20.7. The number of pyridine rings is 1. The third-order valence-electron chi connectivity index (χ3n) is 6.67. The number of piperidine rings is 1. The van der Waals surface area contributed by atoms with Gasteiger partial charge in [-0.05, 0) is 43.7 Å². The van der Waals surface area contributed by atoms with Crippen LogP contribution in [0.15, 0.2) is 36.4 Å². The van der Waals surface area contributed by atoms with Crippen LogP contribution in [0.1, 0.15) is 46.5 Å². The second-order valence-corrected chi connectivity index (χ2v) is 9.85. The van der Waals surface area contributed by atoms with Crippen LogP contribution in [0.4, 0.5) is 5.69 Å². The van der Waals surface area contributed by atoms with Gasteiger partial charge in [-0.15, -0.1) is 11.3 Å². The number of aromatic nitrogens is 3. The number of carbonyl (C=O) groups excluding carboxylic acids is 2. The van der Waals surface area contributed by atoms with Crippen molar-refractivity contribution in [2.45, 2.75) is 31.8 Å². The largest absolute Gasteiger partial charge is 0.397 e. The second-order valence-electron chi connectivity index (χ2n) is 8.85. The van der Waals surface area contributed by atoms with Gasteiger partial charge in [0.1, 0.15) is 15.5 Å². The summed E-state index contributed by atoms with van der Waals surface area (Å²) in [5, 5.41) is 6.46. The fourth-order valence-electron chi connectivity index (χ4n) is 4.77. The summed E-state index contributed by atoms with van der Waals surface area (Å²) >= 11 is 1.30. The minimum absolute atomic E-state index is 0.0349. The van der Waals surface area contributed by atoms with Crippen LogP contribution < -0.4 is 16.4 Å². The Morgan fingerprint density at radius 2 is 2.00 bits per heavy atom. The maximum absolute atomic E-state index is 12.9. The van der Waals surface area contributed by atoms with Gasteiger partial charge in [0, 0.05) is 19.5 Å². The summed E-state index contributed by atoms with van der Waals surface area (Å²) in [6, 6.07) is 11.9. The predicted octanol–water partition coefficient (Wildman–Crippen LogP) is 2.97. The second kappa shape index (κ2) is 9.63. The molecule has 1 saturated heterocycles. The number of benzene rings is 1. The molecular formula is C25H29N7O2S. The van der Waals surface area contributed by atoms with Gasteiger partial charge in [-0.1, -0.05) is 18.6 Å². The van der Waals surface area contributed by atoms with Gasteiger partial charge < -0.3 is 20.9 Å². The highest BCUT2D eigenvalue weighted by molar-refractivity contribution is 7.21. The van der Waals surface area contributed by atoms with Crippen molar-refractivity contribution in [3.8, 4) is 0 Å². The first-order chi connectivity index (χ1) is 17.0. The number of rotatable bonds is 6. The standard InChI is InChI=1S/C25H29N7O2S/c1-27-24(34)23-22(26)15-10-11-17(30-25(15)35-23)19-9-5-6-12-32(19)14-21(33)28-13-20-29-16-7-3-4-8-18(16)31(20)2/h3-4,7-8,10-11,19H,5-6,9,12-14,26H2,1-2H3,(H,27,34)(H,28,33)/t19-/m1/s1. The molecule has 182 valence electrons. The highest BCUT2D eigenvalue weighted by Crippen LogP contribution is 2.36. The Morgan fingerprint density at radius 3 is 2.80 bits per heavy atom. The molecule has 0 saturated carbocycles. The molecule has 10 heteroatoms. The van der Waals surface area contributed by atoms with Gasteiger partial charge >= 0.3 is 0 Å². The van der Waals surface area contributed by atoms with Gasteiger partial charge in [0.25, 0.3) is 5.91 Å². The van der Waals surface area contributed by atoms with Crippen molar-refractivity contribution in [3.05, 3.63) is 52.8 Å². The molecule has 0 radical (unpaired) electrons. The zero-order valence-electron chi connectivity index (χ0n) is 19.9. The molecule has 5 rings (SSSR count). The smallest absolute Gasteiger partial charge is 0.263 e. The van der Waals surface area contributed by atoms with Gasteiger partial charge in [-0.3, -0.25) is 14.5 Å². The van der Waals surface area contributed by atoms with Crippen LogP contribution in [-0.4, -0.2) is 51.4 Å². The Morgan fingerprint density at radius 1 is 1.17 bits per heavy atom. The number of hydrogen-bond acceptors (Lipinski definition) is 7. The molecule has 3 aromatic heterocycles. The number of nitrogen functional groups attached to an aromatic ring is 1. The summed E-state index contributed by atoms with van der Waals surface area (Å²) in [5.74, 6) is 0.583. The van der Waals surface area contributed by atoms with E-state index in [2.05, 4.69) is 20.5 Å². The minimum atomic E-state index is -0.205. The number of hydrogen-bond donors (Lipinski definition) is 3. The number of nitrogens with zero attached hydrogens (tertiary/aromatic N) is 4. The molecule has 0 bridgehead atoms. The molecular weight excluding hydrogens is 462 g/mol. The number of nitrogens with two attached hydrogens (primary N) is 1. The van der Waals surface area contributed by atoms with Crippen LogP contribution in [0.25, 0.3) is 21.3 Å². The van der Waals surface area contributed by atoms with Crippen molar-refractivity contribution in [1.82, 2.24) is 30.1 Å². The Labute approximate surface area is 207 Å². The number of thiophene rings is 1. The maximum atomic E-state index is 12.9. The van der Waals surface area contributed by atoms with E-state index in [0.717, 1.165) is 58.6 Å². The van der Waals surface area contributed by atoms with Crippen molar-refractivity contribution in [2.24, 2.45) is 7.05 Å². The molecule has 0 spiro atoms. The number of imidazole rings is 1. The Hall–Kier alpha value is -3.50. The number of nitrogens with one attached hydrogen (secondary N) is 2. The lowest BCUT2D eigenvalue weighted by Gasteiger charge is -2.34. The molecule has 0 aliphatic carbocycles. The van der Waals surface area contributed by atoms with E-state index >= 15 is 0 Å². The van der Waals surface area contributed by atoms with Crippen LogP contribution in [0, 0.1) is 0 Å². The van der Waals surface area contributed by atoms with E-state index in [1.807, 2.05) is 48.0 Å². The quantitative estimate of drug-likeness (QED) is 0.382. The van der Waals surface area contributed by atoms with Crippen molar-refractivity contribution >= 4 is 50.1 Å². The van der Waals surface area contributed by atoms with Crippen molar-refractivity contribution < 1.29 is 9.59 Å². The maximum Gasteiger partial charge on any atom is 0.263 e. The number of para-hydroxylation sites is 2. The van der Waals surface area contributed by atoms with Crippen LogP contribution in [0.3, 0.4) is 0 Å². The average Bonchev–Trinajstić information content (AvgIpc) is 3.38. The monoisotopic (exact) mass is 491 g/mol. The number of amides is 2. The Balaban J connectivity index is 1.30. The first-order valence-corrected chi connectivity index (χ1v) is 12.6. The Bertz CT molecular complexity index is 1410. The average molecular weight is 492 g/mol. The minimum Gasteiger partial charge on any atom is -0.397 e. The summed E-state index contributed by atoms with van der Waals surface area (Å²) in [4.78, 5) is 37.9. The molecule has 1 aliphatic rings. The third kappa shape index (κ3) is 4.46. The van der Waals surface area contributed by atoms with E-state index in [9.17, 15) is 9.59 Å². The third-order valence-corrected chi connectivity index (χ3v) is 7.79. The summed E-state index contributed by atoms with van der Waals surface area (Å²) in [5.41, 5.74) is 9.53. The number of anilines is 1. The van der Waals surface area contributed by atoms with E-state index in [0.29, 0.717) is 23.7 Å². The van der Waals surface area contributed by atoms with E-state index in [1.54, 1.807) is 7.05 Å². The lowest BCUT2D eigenvalue weighted by Crippen LogP contribution is -2.41. The number of aryl methyl sites for hydroxylation is 1. The van der Waals surface area contributed by atoms with Crippen molar-refractivity contribution in [1.29, 1.82) is 0 Å². The van der Waals surface area contributed by atoms with Gasteiger partial charge in [-0.25, -0.2) is 9.97 Å². The zero-order chi connectivity index (χ0) is 24.5. The molecule has 0 unspecified atom stereocenters. The fraction of sp³-hybridized carbons (Fsp3) is 0.360. The number of fused-ring (bicyclic) bond motifs is 2. The van der Waals surface area contributed by atoms with Crippen molar-refractivity contribution in [2.75, 3.05) is 25.9 Å². The Kier molecular flexibility index (Phi) is 6.40. The lowest BCUT2D eigenvalue weighted by atomic mass is 9.98. The molecule has 1 aromatic carbocycles. The topological polar surface area (TPSA) is 118 Å². The van der Waals surface area contributed by atoms with E-state index in [-0.39, 0.29) is 17.9 Å². The summed E-state index contributed by atoms with van der Waals surface area (Å²) < 4.78 is 2.01. The molecule has 4 aromatic rings. The molecule has 1 atom stereocenters. The van der Waals surface area contributed by atoms with Gasteiger partial charge in [-0.2, -0.15) is 0 Å². The fourth-order valence-corrected chi connectivity index (χ4v) is 5.81. The van der Waals surface area contributed by atoms with Gasteiger partial charge in [0.05, 0.1) is 41.5 Å². The first-order valence-electron chi connectivity index (χ1n) is 11.8. The van der Waals surface area contributed by atoms with Crippen LogP contribution in [0.2, 0.25) is 0 Å². The highest BCUT2D eigenvalue weighted by atomic mass is 32.1. The van der Waals surface area contributed by atoms with Crippen molar-refractivity contribution in [3.63, 3.8) is 0 Å². The normalized spacial score (nSPS) is 16.6. The highest BCUT2D eigenvalue weighted by Gasteiger charge is 2.28. The van der Waals surface area contributed by atoms with E-state index < -0.39 is 0 Å². The first kappa shape index (κ1) is 23.3. The van der Waals surface area contributed by atoms with Gasteiger partial charge in [0.15, 0.2) is 0 Å². The summed E-state index contributed by atoms with van der Waals surface area (Å²) in [6.07, 6.45) is 3.06. The van der Waals surface area contributed by atoms with Crippen LogP contribution >= 0.6 is 11.3 Å². The summed E-state index contributed by atoms with van der Waals surface area (Å²) in [6.45, 7) is 1.51. The molecule has 9 nitrogen and oxygen atoms in total. The summed E-state index contributed by atoms with van der Waals surface area (Å²) in [7, 11) is 3.55. The molecule has 1 fully saturated rings.